The van der Waals surface area contributed by atoms with Crippen molar-refractivity contribution in [2.75, 3.05) is 13.7 Å². The smallest absolute Gasteiger partial charge is 0.0775 e. The van der Waals surface area contributed by atoms with E-state index in [1.807, 2.05) is 7.11 Å². The largest absolute Gasteiger partial charge is 0.379 e. The van der Waals surface area contributed by atoms with Crippen LogP contribution in [0.2, 0.25) is 0 Å². The molecular weight excluding hydrogens is 222 g/mol. The van der Waals surface area contributed by atoms with Crippen LogP contribution in [0.1, 0.15) is 53.4 Å². The molecule has 0 aliphatic heterocycles. The molecule has 2 aliphatic rings. The van der Waals surface area contributed by atoms with Gasteiger partial charge in [-0.3, -0.25) is 0 Å². The molecule has 2 saturated carbocycles. The number of rotatable bonds is 5. The van der Waals surface area contributed by atoms with Gasteiger partial charge in [0.15, 0.2) is 0 Å². The van der Waals surface area contributed by atoms with Gasteiger partial charge >= 0.3 is 0 Å². The molecule has 0 aromatic carbocycles. The molecule has 2 bridgehead atoms. The minimum atomic E-state index is 0.212. The monoisotopic (exact) mass is 253 g/mol. The molecule has 106 valence electrons. The van der Waals surface area contributed by atoms with Crippen molar-refractivity contribution in [2.45, 2.75) is 65.5 Å². The Kier molecular flexibility index (Phi) is 4.38. The fraction of sp³-hybridized carbons (Fsp3) is 1.00. The second kappa shape index (κ2) is 5.50. The molecule has 1 N–H and O–H groups in total. The van der Waals surface area contributed by atoms with Gasteiger partial charge in [0, 0.05) is 13.2 Å². The number of fused-ring (bicyclic) bond motifs is 2. The highest BCUT2D eigenvalue weighted by molar-refractivity contribution is 5.00. The lowest BCUT2D eigenvalue weighted by atomic mass is 9.74. The predicted molar refractivity (Wildman–Crippen MR) is 76.7 cm³/mol. The van der Waals surface area contributed by atoms with E-state index >= 15 is 0 Å². The van der Waals surface area contributed by atoms with Crippen molar-refractivity contribution in [3.8, 4) is 0 Å². The maximum Gasteiger partial charge on any atom is 0.0775 e. The first-order valence-electron chi connectivity index (χ1n) is 7.73. The van der Waals surface area contributed by atoms with E-state index in [0.717, 1.165) is 24.3 Å². The van der Waals surface area contributed by atoms with Crippen LogP contribution in [0.5, 0.6) is 0 Å². The summed E-state index contributed by atoms with van der Waals surface area (Å²) in [6, 6.07) is 0.537. The van der Waals surface area contributed by atoms with Gasteiger partial charge in [0.05, 0.1) is 6.10 Å². The normalized spacial score (nSPS) is 34.8. The quantitative estimate of drug-likeness (QED) is 0.810. The Morgan fingerprint density at radius 1 is 1.22 bits per heavy atom. The van der Waals surface area contributed by atoms with E-state index in [9.17, 15) is 0 Å². The van der Waals surface area contributed by atoms with Gasteiger partial charge in [-0.25, -0.2) is 0 Å². The summed E-state index contributed by atoms with van der Waals surface area (Å²) in [5.74, 6) is 2.81. The van der Waals surface area contributed by atoms with Crippen LogP contribution in [-0.4, -0.2) is 25.8 Å². The molecule has 0 aromatic rings. The highest BCUT2D eigenvalue weighted by atomic mass is 16.5. The van der Waals surface area contributed by atoms with Crippen LogP contribution >= 0.6 is 0 Å². The van der Waals surface area contributed by atoms with Crippen LogP contribution in [0, 0.1) is 23.2 Å². The summed E-state index contributed by atoms with van der Waals surface area (Å²) in [5, 5.41) is 3.74. The number of nitrogens with one attached hydrogen (secondary N) is 1. The highest BCUT2D eigenvalue weighted by Gasteiger charge is 2.47. The van der Waals surface area contributed by atoms with Gasteiger partial charge in [-0.2, -0.15) is 0 Å². The third kappa shape index (κ3) is 2.75. The van der Waals surface area contributed by atoms with Crippen LogP contribution < -0.4 is 5.32 Å². The van der Waals surface area contributed by atoms with Gasteiger partial charge in [-0.15, -0.1) is 0 Å². The molecule has 0 saturated heterocycles. The zero-order chi connectivity index (χ0) is 13.3. The van der Waals surface area contributed by atoms with Crippen molar-refractivity contribution >= 4 is 0 Å². The molecule has 0 spiro atoms. The number of ether oxygens (including phenoxy) is 1. The number of hydrogen-bond acceptors (Lipinski definition) is 2. The lowest BCUT2D eigenvalue weighted by molar-refractivity contribution is -0.0332. The molecule has 0 amide bonds. The summed E-state index contributed by atoms with van der Waals surface area (Å²) >= 11 is 0. The summed E-state index contributed by atoms with van der Waals surface area (Å²) in [4.78, 5) is 0. The molecule has 0 heterocycles. The summed E-state index contributed by atoms with van der Waals surface area (Å²) < 4.78 is 5.89. The molecule has 0 aromatic heterocycles. The van der Waals surface area contributed by atoms with Crippen molar-refractivity contribution in [1.29, 1.82) is 0 Å². The van der Waals surface area contributed by atoms with Crippen LogP contribution in [0.3, 0.4) is 0 Å². The SMILES string of the molecule is CCNC(C1CC2CCC1C2)C(OC)C(C)(C)C. The Hall–Kier alpha value is -0.0800. The Bertz CT molecular complexity index is 271. The minimum Gasteiger partial charge on any atom is -0.379 e. The molecule has 2 rings (SSSR count). The Morgan fingerprint density at radius 2 is 1.94 bits per heavy atom. The average molecular weight is 253 g/mol. The van der Waals surface area contributed by atoms with Gasteiger partial charge in [-0.1, -0.05) is 34.1 Å². The number of hydrogen-bond donors (Lipinski definition) is 1. The molecule has 5 atom stereocenters. The molecule has 2 aliphatic carbocycles. The van der Waals surface area contributed by atoms with Gasteiger partial charge in [0.2, 0.25) is 0 Å². The van der Waals surface area contributed by atoms with E-state index in [0.29, 0.717) is 12.1 Å². The predicted octanol–water partition coefficient (Wildman–Crippen LogP) is 3.46. The first-order chi connectivity index (χ1) is 8.47. The molecule has 0 radical (unpaired) electrons. The van der Waals surface area contributed by atoms with Crippen molar-refractivity contribution in [1.82, 2.24) is 5.32 Å². The van der Waals surface area contributed by atoms with Crippen molar-refractivity contribution in [2.24, 2.45) is 23.2 Å². The Morgan fingerprint density at radius 3 is 2.33 bits per heavy atom. The fourth-order valence-electron chi connectivity index (χ4n) is 4.49. The van der Waals surface area contributed by atoms with Crippen LogP contribution in [0.25, 0.3) is 0 Å². The van der Waals surface area contributed by atoms with Gasteiger partial charge in [0.25, 0.3) is 0 Å². The van der Waals surface area contributed by atoms with Gasteiger partial charge in [-0.05, 0) is 49.0 Å². The molecule has 18 heavy (non-hydrogen) atoms. The molecular formula is C16H31NO. The third-order valence-electron chi connectivity index (χ3n) is 5.13. The summed E-state index contributed by atoms with van der Waals surface area (Å²) in [6.07, 6.45) is 6.16. The first kappa shape index (κ1) is 14.3. The van der Waals surface area contributed by atoms with Crippen molar-refractivity contribution in [3.63, 3.8) is 0 Å². The van der Waals surface area contributed by atoms with Crippen LogP contribution in [0.15, 0.2) is 0 Å². The maximum atomic E-state index is 5.89. The van der Waals surface area contributed by atoms with Gasteiger partial charge < -0.3 is 10.1 Å². The molecule has 2 heteroatoms. The van der Waals surface area contributed by atoms with Crippen molar-refractivity contribution in [3.05, 3.63) is 0 Å². The van der Waals surface area contributed by atoms with Crippen LogP contribution in [0.4, 0.5) is 0 Å². The second-order valence-corrected chi connectivity index (χ2v) is 7.44. The van der Waals surface area contributed by atoms with E-state index in [-0.39, 0.29) is 5.41 Å². The van der Waals surface area contributed by atoms with E-state index in [2.05, 4.69) is 33.0 Å². The molecule has 2 fully saturated rings. The Labute approximate surface area is 113 Å². The van der Waals surface area contributed by atoms with E-state index in [4.69, 9.17) is 4.74 Å². The first-order valence-corrected chi connectivity index (χ1v) is 7.73. The molecule has 5 unspecified atom stereocenters. The van der Waals surface area contributed by atoms with E-state index in [1.54, 1.807) is 0 Å². The third-order valence-corrected chi connectivity index (χ3v) is 5.13. The van der Waals surface area contributed by atoms with E-state index < -0.39 is 0 Å². The number of methoxy groups -OCH3 is 1. The Balaban J connectivity index is 2.12. The summed E-state index contributed by atoms with van der Waals surface area (Å²) in [7, 11) is 1.88. The van der Waals surface area contributed by atoms with Crippen molar-refractivity contribution < 1.29 is 4.74 Å². The fourth-order valence-corrected chi connectivity index (χ4v) is 4.49. The maximum absolute atomic E-state index is 5.89. The van der Waals surface area contributed by atoms with E-state index in [1.165, 1.54) is 25.7 Å². The zero-order valence-electron chi connectivity index (χ0n) is 12.8. The molecule has 2 nitrogen and oxygen atoms in total. The highest BCUT2D eigenvalue weighted by Crippen LogP contribution is 2.51. The van der Waals surface area contributed by atoms with Crippen LogP contribution in [-0.2, 0) is 4.74 Å². The standard InChI is InChI=1S/C16H31NO/c1-6-17-14(15(18-5)16(2,3)4)13-10-11-7-8-12(13)9-11/h11-15,17H,6-10H2,1-5H3. The summed E-state index contributed by atoms with van der Waals surface area (Å²) in [5.41, 5.74) is 0.212. The topological polar surface area (TPSA) is 21.3 Å². The zero-order valence-corrected chi connectivity index (χ0v) is 12.8. The second-order valence-electron chi connectivity index (χ2n) is 7.44. The number of likely N-dealkylation sites (N-methyl/N-ethyl adjacent to an activating group) is 1. The lowest BCUT2D eigenvalue weighted by Crippen LogP contribution is -2.52. The minimum absolute atomic E-state index is 0.212. The lowest BCUT2D eigenvalue weighted by Gasteiger charge is -2.42. The average Bonchev–Trinajstić information content (AvgIpc) is 2.88. The van der Waals surface area contributed by atoms with Gasteiger partial charge in [0.1, 0.15) is 0 Å². The summed E-state index contributed by atoms with van der Waals surface area (Å²) in [6.45, 7) is 10.2.